The number of allylic oxidation sites excluding steroid dienone is 1. The minimum absolute atomic E-state index is 0.00261. The number of ether oxygens (including phenoxy) is 1. The quantitative estimate of drug-likeness (QED) is 0.666. The molecular weight excluding hydrogens is 358 g/mol. The van der Waals surface area contributed by atoms with Gasteiger partial charge in [0.1, 0.15) is 16.3 Å². The molecule has 4 heterocycles. The summed E-state index contributed by atoms with van der Waals surface area (Å²) in [5.41, 5.74) is 7.43. The SMILES string of the molecule is CSc1nc2[nH]c(=O)c3c(c2s1)OC(N)=C(C#N)C3c1ccncc1. The topological polar surface area (TPSA) is 118 Å². The maximum Gasteiger partial charge on any atom is 0.257 e. The normalized spacial score (nSPS) is 16.4. The van der Waals surface area contributed by atoms with Crippen LogP contribution in [0.1, 0.15) is 17.0 Å². The van der Waals surface area contributed by atoms with E-state index in [1.54, 1.807) is 24.5 Å². The van der Waals surface area contributed by atoms with Gasteiger partial charge in [0.05, 0.1) is 11.5 Å². The molecule has 7 nitrogen and oxygen atoms in total. The highest BCUT2D eigenvalue weighted by Crippen LogP contribution is 2.44. The van der Waals surface area contributed by atoms with Crippen molar-refractivity contribution in [3.05, 3.63) is 57.5 Å². The van der Waals surface area contributed by atoms with E-state index in [1.165, 1.54) is 23.1 Å². The van der Waals surface area contributed by atoms with Gasteiger partial charge in [0, 0.05) is 12.4 Å². The molecular formula is C16H11N5O2S2. The first-order chi connectivity index (χ1) is 12.1. The van der Waals surface area contributed by atoms with Crippen LogP contribution in [0.2, 0.25) is 0 Å². The van der Waals surface area contributed by atoms with Crippen LogP contribution in [0, 0.1) is 11.3 Å². The first-order valence-corrected chi connectivity index (χ1v) is 9.26. The molecule has 0 saturated heterocycles. The number of nitriles is 1. The standard InChI is InChI=1S/C16H11N5O2S2/c1-24-16-21-14-12(25-16)11-10(15(22)20-14)9(7-2-4-19-5-3-7)8(6-17)13(18)23-11/h2-5,9H,18H2,1H3,(H,20,22). The number of thioether (sulfide) groups is 1. The van der Waals surface area contributed by atoms with E-state index >= 15 is 0 Å². The van der Waals surface area contributed by atoms with Gasteiger partial charge in [-0.2, -0.15) is 5.26 Å². The van der Waals surface area contributed by atoms with Gasteiger partial charge in [-0.05, 0) is 24.0 Å². The van der Waals surface area contributed by atoms with E-state index in [0.717, 1.165) is 9.90 Å². The number of H-pyrrole nitrogens is 1. The molecule has 0 bridgehead atoms. The Morgan fingerprint density at radius 1 is 1.44 bits per heavy atom. The van der Waals surface area contributed by atoms with E-state index in [4.69, 9.17) is 10.5 Å². The lowest BCUT2D eigenvalue weighted by Gasteiger charge is -2.25. The molecule has 3 N–H and O–H groups in total. The molecule has 0 fully saturated rings. The Morgan fingerprint density at radius 3 is 2.88 bits per heavy atom. The smallest absolute Gasteiger partial charge is 0.257 e. The van der Waals surface area contributed by atoms with Crippen LogP contribution in [-0.2, 0) is 0 Å². The minimum Gasteiger partial charge on any atom is -0.438 e. The van der Waals surface area contributed by atoms with Crippen LogP contribution >= 0.6 is 23.1 Å². The number of hydrogen-bond acceptors (Lipinski definition) is 8. The summed E-state index contributed by atoms with van der Waals surface area (Å²) in [7, 11) is 0. The van der Waals surface area contributed by atoms with Crippen molar-refractivity contribution in [2.24, 2.45) is 5.73 Å². The molecule has 3 aromatic rings. The zero-order valence-corrected chi connectivity index (χ0v) is 14.6. The molecule has 9 heteroatoms. The summed E-state index contributed by atoms with van der Waals surface area (Å²) in [6.45, 7) is 0. The fraction of sp³-hybridized carbons (Fsp3) is 0.125. The first kappa shape index (κ1) is 15.7. The van der Waals surface area contributed by atoms with Crippen LogP contribution in [0.5, 0.6) is 5.75 Å². The zero-order valence-electron chi connectivity index (χ0n) is 12.9. The van der Waals surface area contributed by atoms with Crippen molar-refractivity contribution in [1.82, 2.24) is 15.0 Å². The summed E-state index contributed by atoms with van der Waals surface area (Å²) in [6.07, 6.45) is 5.13. The molecule has 3 aromatic heterocycles. The molecule has 1 unspecified atom stereocenters. The maximum atomic E-state index is 12.8. The summed E-state index contributed by atoms with van der Waals surface area (Å²) < 4.78 is 7.21. The van der Waals surface area contributed by atoms with Gasteiger partial charge in [-0.15, -0.1) is 11.3 Å². The van der Waals surface area contributed by atoms with Gasteiger partial charge in [-0.1, -0.05) is 11.8 Å². The fourth-order valence-electron chi connectivity index (χ4n) is 2.85. The minimum atomic E-state index is -0.607. The zero-order chi connectivity index (χ0) is 17.6. The Kier molecular flexibility index (Phi) is 3.71. The van der Waals surface area contributed by atoms with Gasteiger partial charge < -0.3 is 15.5 Å². The number of pyridine rings is 2. The highest BCUT2D eigenvalue weighted by atomic mass is 32.2. The van der Waals surface area contributed by atoms with Crippen molar-refractivity contribution >= 4 is 33.4 Å². The Morgan fingerprint density at radius 2 is 2.20 bits per heavy atom. The number of thiazole rings is 1. The first-order valence-electron chi connectivity index (χ1n) is 7.22. The van der Waals surface area contributed by atoms with Gasteiger partial charge in [0.25, 0.3) is 5.56 Å². The number of nitrogens with zero attached hydrogens (tertiary/aromatic N) is 3. The number of aromatic amines is 1. The fourth-order valence-corrected chi connectivity index (χ4v) is 4.37. The molecule has 1 aliphatic heterocycles. The second-order valence-corrected chi connectivity index (χ2v) is 7.32. The number of hydrogen-bond donors (Lipinski definition) is 2. The Labute approximate surface area is 150 Å². The third kappa shape index (κ3) is 2.38. The average molecular weight is 369 g/mol. The van der Waals surface area contributed by atoms with Crippen molar-refractivity contribution in [3.8, 4) is 11.8 Å². The van der Waals surface area contributed by atoms with Crippen LogP contribution in [0.25, 0.3) is 10.3 Å². The Hall–Kier alpha value is -2.83. The lowest BCUT2D eigenvalue weighted by Crippen LogP contribution is -2.27. The van der Waals surface area contributed by atoms with E-state index in [0.29, 0.717) is 21.7 Å². The second-order valence-electron chi connectivity index (χ2n) is 5.26. The monoisotopic (exact) mass is 369 g/mol. The highest BCUT2D eigenvalue weighted by molar-refractivity contribution is 8.00. The van der Waals surface area contributed by atoms with Crippen molar-refractivity contribution in [2.75, 3.05) is 6.26 Å². The summed E-state index contributed by atoms with van der Waals surface area (Å²) in [5.74, 6) is -0.234. The summed E-state index contributed by atoms with van der Waals surface area (Å²) in [6, 6.07) is 5.59. The molecule has 4 rings (SSSR count). The summed E-state index contributed by atoms with van der Waals surface area (Å²) in [5, 5.41) is 9.56. The molecule has 1 aliphatic rings. The van der Waals surface area contributed by atoms with E-state index < -0.39 is 5.92 Å². The lowest BCUT2D eigenvalue weighted by molar-refractivity contribution is 0.397. The van der Waals surface area contributed by atoms with E-state index in [-0.39, 0.29) is 17.0 Å². The summed E-state index contributed by atoms with van der Waals surface area (Å²) in [4.78, 5) is 23.9. The number of fused-ring (bicyclic) bond motifs is 3. The Balaban J connectivity index is 2.07. The molecule has 25 heavy (non-hydrogen) atoms. The van der Waals surface area contributed by atoms with Gasteiger partial charge in [-0.3, -0.25) is 9.78 Å². The van der Waals surface area contributed by atoms with Crippen LogP contribution in [0.3, 0.4) is 0 Å². The number of nitrogens with two attached hydrogens (primary N) is 1. The molecule has 0 spiro atoms. The van der Waals surface area contributed by atoms with Crippen LogP contribution < -0.4 is 16.0 Å². The number of aromatic nitrogens is 3. The second kappa shape index (κ2) is 5.91. The van der Waals surface area contributed by atoms with Gasteiger partial charge >= 0.3 is 0 Å². The molecule has 1 atom stereocenters. The van der Waals surface area contributed by atoms with Crippen molar-refractivity contribution in [2.45, 2.75) is 10.3 Å². The molecule has 0 aliphatic carbocycles. The van der Waals surface area contributed by atoms with E-state index in [9.17, 15) is 10.1 Å². The van der Waals surface area contributed by atoms with Gasteiger partial charge in [0.2, 0.25) is 5.88 Å². The molecule has 0 saturated carbocycles. The highest BCUT2D eigenvalue weighted by Gasteiger charge is 2.35. The molecule has 0 amide bonds. The molecule has 0 aromatic carbocycles. The average Bonchev–Trinajstić information content (AvgIpc) is 3.04. The van der Waals surface area contributed by atoms with Crippen LogP contribution in [0.15, 0.2) is 45.1 Å². The predicted octanol–water partition coefficient (Wildman–Crippen LogP) is 2.32. The van der Waals surface area contributed by atoms with Gasteiger partial charge in [-0.25, -0.2) is 4.98 Å². The third-order valence-electron chi connectivity index (χ3n) is 3.92. The van der Waals surface area contributed by atoms with E-state index in [2.05, 4.69) is 21.0 Å². The van der Waals surface area contributed by atoms with Crippen molar-refractivity contribution < 1.29 is 4.74 Å². The van der Waals surface area contributed by atoms with Gasteiger partial charge in [0.15, 0.2) is 15.7 Å². The largest absolute Gasteiger partial charge is 0.438 e. The van der Waals surface area contributed by atoms with Crippen LogP contribution in [0.4, 0.5) is 0 Å². The Bertz CT molecular complexity index is 1110. The van der Waals surface area contributed by atoms with Crippen molar-refractivity contribution in [3.63, 3.8) is 0 Å². The summed E-state index contributed by atoms with van der Waals surface area (Å²) >= 11 is 2.89. The predicted molar refractivity (Wildman–Crippen MR) is 95.6 cm³/mol. The molecule has 0 radical (unpaired) electrons. The lowest BCUT2D eigenvalue weighted by atomic mass is 9.85. The van der Waals surface area contributed by atoms with E-state index in [1.807, 2.05) is 6.26 Å². The molecule has 124 valence electrons. The maximum absolute atomic E-state index is 12.8. The van der Waals surface area contributed by atoms with Crippen LogP contribution in [-0.4, -0.2) is 21.2 Å². The number of rotatable bonds is 2. The number of nitrogens with one attached hydrogen (secondary N) is 1. The third-order valence-corrected chi connectivity index (χ3v) is 5.96. The van der Waals surface area contributed by atoms with Crippen molar-refractivity contribution in [1.29, 1.82) is 5.26 Å².